The third kappa shape index (κ3) is 4.54. The van der Waals surface area contributed by atoms with E-state index >= 15 is 0 Å². The molecule has 1 saturated heterocycles. The van der Waals surface area contributed by atoms with E-state index in [0.29, 0.717) is 19.0 Å². The van der Waals surface area contributed by atoms with E-state index < -0.39 is 5.82 Å². The first-order valence-corrected chi connectivity index (χ1v) is 9.46. The van der Waals surface area contributed by atoms with Gasteiger partial charge in [0.25, 0.3) is 5.91 Å². The van der Waals surface area contributed by atoms with Crippen molar-refractivity contribution in [1.29, 1.82) is 0 Å². The van der Waals surface area contributed by atoms with Crippen molar-refractivity contribution in [2.75, 3.05) is 26.0 Å². The van der Waals surface area contributed by atoms with Crippen molar-refractivity contribution in [1.82, 2.24) is 4.90 Å². The molecule has 0 spiro atoms. The number of methoxy groups -OCH3 is 1. The number of carbonyl (C=O) groups excluding carboxylic acids is 1. The van der Waals surface area contributed by atoms with Gasteiger partial charge in [-0.25, -0.2) is 4.39 Å². The number of piperidine rings is 1. The van der Waals surface area contributed by atoms with Crippen LogP contribution in [0.5, 0.6) is 5.75 Å². The Kier molecular flexibility index (Phi) is 5.97. The van der Waals surface area contributed by atoms with E-state index in [-0.39, 0.29) is 11.5 Å². The van der Waals surface area contributed by atoms with Crippen molar-refractivity contribution >= 4 is 17.7 Å². The molecule has 132 valence electrons. The fourth-order valence-corrected chi connectivity index (χ4v) is 4.08. The molecule has 0 aromatic heterocycles. The minimum atomic E-state index is -0.440. The van der Waals surface area contributed by atoms with Crippen LogP contribution < -0.4 is 4.74 Å². The third-order valence-electron chi connectivity index (χ3n) is 4.55. The molecule has 5 heteroatoms. The Morgan fingerprint density at radius 3 is 2.48 bits per heavy atom. The summed E-state index contributed by atoms with van der Waals surface area (Å²) in [6.07, 6.45) is 1.92. The second-order valence-corrected chi connectivity index (χ2v) is 7.30. The van der Waals surface area contributed by atoms with Gasteiger partial charge in [0.1, 0.15) is 11.6 Å². The molecule has 0 atom stereocenters. The lowest BCUT2D eigenvalue weighted by Gasteiger charge is -2.32. The number of ether oxygens (including phenoxy) is 1. The van der Waals surface area contributed by atoms with Crippen molar-refractivity contribution in [3.63, 3.8) is 0 Å². The van der Waals surface area contributed by atoms with Gasteiger partial charge in [-0.3, -0.25) is 4.79 Å². The number of likely N-dealkylation sites (tertiary alicyclic amines) is 1. The molecule has 0 aliphatic carbocycles. The van der Waals surface area contributed by atoms with Crippen LogP contribution >= 0.6 is 11.8 Å². The highest BCUT2D eigenvalue weighted by Crippen LogP contribution is 2.28. The molecular formula is C20H22FNO2S. The second-order valence-electron chi connectivity index (χ2n) is 6.20. The van der Waals surface area contributed by atoms with Gasteiger partial charge in [-0.1, -0.05) is 12.1 Å². The molecule has 0 unspecified atom stereocenters. The standard InChI is InChI=1S/C20H22FNO2S/c1-24-16-6-8-17(9-7-16)25-14-15-10-12-22(13-11-15)20(23)18-4-2-3-5-19(18)21/h2-9,15H,10-14H2,1H3. The molecule has 3 nitrogen and oxygen atoms in total. The van der Waals surface area contributed by atoms with Crippen LogP contribution in [0.4, 0.5) is 4.39 Å². The number of amides is 1. The molecule has 0 saturated carbocycles. The van der Waals surface area contributed by atoms with Gasteiger partial charge in [0.05, 0.1) is 12.7 Å². The molecule has 1 aliphatic rings. The van der Waals surface area contributed by atoms with Gasteiger partial charge in [-0.15, -0.1) is 11.8 Å². The molecule has 2 aromatic rings. The number of rotatable bonds is 5. The van der Waals surface area contributed by atoms with Crippen LogP contribution in [0.15, 0.2) is 53.4 Å². The summed E-state index contributed by atoms with van der Waals surface area (Å²) in [5.74, 6) is 1.85. The van der Waals surface area contributed by atoms with E-state index in [9.17, 15) is 9.18 Å². The fraction of sp³-hybridized carbons (Fsp3) is 0.350. The maximum Gasteiger partial charge on any atom is 0.256 e. The van der Waals surface area contributed by atoms with Crippen LogP contribution in [0.1, 0.15) is 23.2 Å². The first kappa shape index (κ1) is 17.8. The van der Waals surface area contributed by atoms with Crippen LogP contribution in [-0.4, -0.2) is 36.8 Å². The Morgan fingerprint density at radius 1 is 1.16 bits per heavy atom. The van der Waals surface area contributed by atoms with Gasteiger partial charge < -0.3 is 9.64 Å². The van der Waals surface area contributed by atoms with Crippen LogP contribution in [0.25, 0.3) is 0 Å². The highest BCUT2D eigenvalue weighted by atomic mass is 32.2. The molecule has 1 amide bonds. The van der Waals surface area contributed by atoms with E-state index in [1.54, 1.807) is 30.2 Å². The monoisotopic (exact) mass is 359 g/mol. The zero-order chi connectivity index (χ0) is 17.6. The number of halogens is 1. The number of carbonyl (C=O) groups is 1. The minimum Gasteiger partial charge on any atom is -0.497 e. The number of nitrogens with zero attached hydrogens (tertiary/aromatic N) is 1. The lowest BCUT2D eigenvalue weighted by molar-refractivity contribution is 0.0694. The maximum atomic E-state index is 13.8. The van der Waals surface area contributed by atoms with Gasteiger partial charge >= 0.3 is 0 Å². The van der Waals surface area contributed by atoms with E-state index in [4.69, 9.17) is 4.74 Å². The van der Waals surface area contributed by atoms with Crippen LogP contribution in [0.3, 0.4) is 0 Å². The second kappa shape index (κ2) is 8.39. The third-order valence-corrected chi connectivity index (χ3v) is 5.79. The van der Waals surface area contributed by atoms with Crippen molar-refractivity contribution in [2.24, 2.45) is 5.92 Å². The normalized spacial score (nSPS) is 15.2. The summed E-state index contributed by atoms with van der Waals surface area (Å²) in [4.78, 5) is 15.4. The maximum absolute atomic E-state index is 13.8. The lowest BCUT2D eigenvalue weighted by atomic mass is 9.98. The first-order valence-electron chi connectivity index (χ1n) is 8.48. The van der Waals surface area contributed by atoms with Gasteiger partial charge in [-0.05, 0) is 55.2 Å². The number of thioether (sulfide) groups is 1. The molecule has 1 heterocycles. The Labute approximate surface area is 152 Å². The van der Waals surface area contributed by atoms with Crippen molar-refractivity contribution in [3.8, 4) is 5.75 Å². The van der Waals surface area contributed by atoms with Gasteiger partial charge in [0.15, 0.2) is 0 Å². The minimum absolute atomic E-state index is 0.175. The summed E-state index contributed by atoms with van der Waals surface area (Å²) in [5, 5.41) is 0. The van der Waals surface area contributed by atoms with E-state index in [0.717, 1.165) is 24.3 Å². The average Bonchev–Trinajstić information content (AvgIpc) is 2.67. The number of hydrogen-bond acceptors (Lipinski definition) is 3. The topological polar surface area (TPSA) is 29.5 Å². The molecular weight excluding hydrogens is 337 g/mol. The summed E-state index contributed by atoms with van der Waals surface area (Å²) in [7, 11) is 1.67. The fourth-order valence-electron chi connectivity index (χ4n) is 2.99. The van der Waals surface area contributed by atoms with E-state index in [1.807, 2.05) is 23.9 Å². The SMILES string of the molecule is COc1ccc(SCC2CCN(C(=O)c3ccccc3F)CC2)cc1. The lowest BCUT2D eigenvalue weighted by Crippen LogP contribution is -2.39. The van der Waals surface area contributed by atoms with Gasteiger partial charge in [-0.2, -0.15) is 0 Å². The smallest absolute Gasteiger partial charge is 0.256 e. The molecule has 0 bridgehead atoms. The highest BCUT2D eigenvalue weighted by Gasteiger charge is 2.25. The predicted molar refractivity (Wildman–Crippen MR) is 98.7 cm³/mol. The molecule has 25 heavy (non-hydrogen) atoms. The van der Waals surface area contributed by atoms with Crippen molar-refractivity contribution < 1.29 is 13.9 Å². The predicted octanol–water partition coefficient (Wildman–Crippen LogP) is 4.48. The molecule has 2 aromatic carbocycles. The first-order chi connectivity index (χ1) is 12.2. The van der Waals surface area contributed by atoms with E-state index in [1.165, 1.54) is 11.0 Å². The number of benzene rings is 2. The summed E-state index contributed by atoms with van der Waals surface area (Å²) in [5.41, 5.74) is 0.175. The van der Waals surface area contributed by atoms with Crippen LogP contribution in [0, 0.1) is 11.7 Å². The van der Waals surface area contributed by atoms with Crippen molar-refractivity contribution in [2.45, 2.75) is 17.7 Å². The number of hydrogen-bond donors (Lipinski definition) is 0. The molecule has 0 N–H and O–H groups in total. The Bertz CT molecular complexity index is 712. The largest absolute Gasteiger partial charge is 0.497 e. The molecule has 3 rings (SSSR count). The zero-order valence-corrected chi connectivity index (χ0v) is 15.1. The Balaban J connectivity index is 1.48. The quantitative estimate of drug-likeness (QED) is 0.737. The van der Waals surface area contributed by atoms with Crippen molar-refractivity contribution in [3.05, 3.63) is 59.9 Å². The summed E-state index contributed by atoms with van der Waals surface area (Å²) in [6, 6.07) is 14.3. The summed E-state index contributed by atoms with van der Waals surface area (Å²) >= 11 is 1.84. The molecule has 0 radical (unpaired) electrons. The zero-order valence-electron chi connectivity index (χ0n) is 14.3. The summed E-state index contributed by atoms with van der Waals surface area (Å²) in [6.45, 7) is 1.39. The van der Waals surface area contributed by atoms with Gasteiger partial charge in [0, 0.05) is 23.7 Å². The summed E-state index contributed by atoms with van der Waals surface area (Å²) < 4.78 is 18.9. The average molecular weight is 359 g/mol. The van der Waals surface area contributed by atoms with Gasteiger partial charge in [0.2, 0.25) is 0 Å². The van der Waals surface area contributed by atoms with Crippen LogP contribution in [-0.2, 0) is 0 Å². The Morgan fingerprint density at radius 2 is 1.84 bits per heavy atom. The highest BCUT2D eigenvalue weighted by molar-refractivity contribution is 7.99. The van der Waals surface area contributed by atoms with Crippen LogP contribution in [0.2, 0.25) is 0 Å². The Hall–Kier alpha value is -2.01. The molecule has 1 aliphatic heterocycles. The molecule has 1 fully saturated rings. The van der Waals surface area contributed by atoms with E-state index in [2.05, 4.69) is 12.1 Å².